The predicted octanol–water partition coefficient (Wildman–Crippen LogP) is 3.70. The molecule has 2 aromatic carbocycles. The first-order chi connectivity index (χ1) is 15.1. The number of likely N-dealkylation sites (tertiary alicyclic amines) is 1. The Bertz CT molecular complexity index is 885. The Hall–Kier alpha value is -2.66. The molecule has 31 heavy (non-hydrogen) atoms. The molecule has 2 fully saturated rings. The predicted molar refractivity (Wildman–Crippen MR) is 123 cm³/mol. The second kappa shape index (κ2) is 10.1. The van der Waals surface area contributed by atoms with Gasteiger partial charge in [-0.15, -0.1) is 0 Å². The molecule has 2 amide bonds. The summed E-state index contributed by atoms with van der Waals surface area (Å²) in [4.78, 5) is 28.4. The lowest BCUT2D eigenvalue weighted by Gasteiger charge is -2.39. The van der Waals surface area contributed by atoms with Crippen LogP contribution in [0.25, 0.3) is 0 Å². The van der Waals surface area contributed by atoms with Crippen LogP contribution in [0.1, 0.15) is 53.2 Å². The molecule has 2 aromatic rings. The number of amides is 2. The first-order valence-corrected chi connectivity index (χ1v) is 11.5. The molecular weight excluding hydrogens is 386 g/mol. The molecule has 0 bridgehead atoms. The lowest BCUT2D eigenvalue weighted by molar-refractivity contribution is -0.135. The molecular formula is C26H33N3O2. The standard InChI is InChI=1S/C26H33N3O2/c1-19-6-5-9-23(18-19)25(30)28-24(22-7-3-2-4-8-22)26(31)29-16-12-21(13-17-29)20-10-14-27-15-11-20/h2-9,18,20-21,24,27H,10-17H2,1H3,(H,28,30). The van der Waals surface area contributed by atoms with Gasteiger partial charge in [0.05, 0.1) is 0 Å². The smallest absolute Gasteiger partial charge is 0.252 e. The van der Waals surface area contributed by atoms with Crippen LogP contribution in [0.15, 0.2) is 54.6 Å². The largest absolute Gasteiger partial charge is 0.341 e. The second-order valence-corrected chi connectivity index (χ2v) is 8.94. The number of aryl methyl sites for hydroxylation is 1. The van der Waals surface area contributed by atoms with E-state index < -0.39 is 6.04 Å². The van der Waals surface area contributed by atoms with Crippen LogP contribution in [-0.4, -0.2) is 42.9 Å². The van der Waals surface area contributed by atoms with Crippen LogP contribution in [0.4, 0.5) is 0 Å². The molecule has 0 aromatic heterocycles. The molecule has 1 atom stereocenters. The molecule has 4 rings (SSSR count). The van der Waals surface area contributed by atoms with Crippen molar-refractivity contribution in [2.75, 3.05) is 26.2 Å². The normalized spacial score (nSPS) is 19.1. The Labute approximate surface area is 185 Å². The van der Waals surface area contributed by atoms with E-state index in [2.05, 4.69) is 10.6 Å². The fourth-order valence-electron chi connectivity index (χ4n) is 5.02. The van der Waals surface area contributed by atoms with Gasteiger partial charge in [-0.2, -0.15) is 0 Å². The van der Waals surface area contributed by atoms with Crippen molar-refractivity contribution in [2.45, 2.75) is 38.6 Å². The molecule has 2 saturated heterocycles. The first kappa shape index (κ1) is 21.6. The summed E-state index contributed by atoms with van der Waals surface area (Å²) in [6.45, 7) is 5.74. The van der Waals surface area contributed by atoms with Crippen LogP contribution >= 0.6 is 0 Å². The van der Waals surface area contributed by atoms with Gasteiger partial charge in [-0.3, -0.25) is 9.59 Å². The second-order valence-electron chi connectivity index (χ2n) is 8.94. The lowest BCUT2D eigenvalue weighted by atomic mass is 9.79. The molecule has 0 radical (unpaired) electrons. The molecule has 5 heteroatoms. The van der Waals surface area contributed by atoms with E-state index in [0.29, 0.717) is 11.5 Å². The summed E-state index contributed by atoms with van der Waals surface area (Å²) in [5.41, 5.74) is 2.43. The number of nitrogens with one attached hydrogen (secondary N) is 2. The summed E-state index contributed by atoms with van der Waals surface area (Å²) in [6, 6.07) is 16.4. The Morgan fingerprint density at radius 3 is 2.29 bits per heavy atom. The topological polar surface area (TPSA) is 61.4 Å². The zero-order chi connectivity index (χ0) is 21.6. The number of benzene rings is 2. The van der Waals surface area contributed by atoms with Crippen molar-refractivity contribution in [3.8, 4) is 0 Å². The third kappa shape index (κ3) is 5.34. The highest BCUT2D eigenvalue weighted by atomic mass is 16.2. The summed E-state index contributed by atoms with van der Waals surface area (Å²) >= 11 is 0. The van der Waals surface area contributed by atoms with Gasteiger partial charge in [0, 0.05) is 18.7 Å². The van der Waals surface area contributed by atoms with Gasteiger partial charge >= 0.3 is 0 Å². The van der Waals surface area contributed by atoms with Crippen LogP contribution in [0.2, 0.25) is 0 Å². The number of nitrogens with zero attached hydrogens (tertiary/aromatic N) is 1. The summed E-state index contributed by atoms with van der Waals surface area (Å²) in [6.07, 6.45) is 4.61. The minimum Gasteiger partial charge on any atom is -0.341 e. The molecule has 2 heterocycles. The van der Waals surface area contributed by atoms with Crippen molar-refractivity contribution in [3.63, 3.8) is 0 Å². The maximum Gasteiger partial charge on any atom is 0.252 e. The van der Waals surface area contributed by atoms with E-state index in [9.17, 15) is 9.59 Å². The van der Waals surface area contributed by atoms with Crippen LogP contribution < -0.4 is 10.6 Å². The maximum atomic E-state index is 13.5. The number of carbonyl (C=O) groups is 2. The SMILES string of the molecule is Cc1cccc(C(=O)NC(C(=O)N2CCC(C3CCNCC3)CC2)c2ccccc2)c1. The highest BCUT2D eigenvalue weighted by Crippen LogP contribution is 2.31. The van der Waals surface area contributed by atoms with E-state index in [1.165, 1.54) is 12.8 Å². The fourth-order valence-corrected chi connectivity index (χ4v) is 5.02. The number of piperidine rings is 2. The van der Waals surface area contributed by atoms with Gasteiger partial charge in [0.25, 0.3) is 5.91 Å². The summed E-state index contributed by atoms with van der Waals surface area (Å²) in [7, 11) is 0. The summed E-state index contributed by atoms with van der Waals surface area (Å²) in [5.74, 6) is 1.28. The molecule has 2 aliphatic heterocycles. The van der Waals surface area contributed by atoms with Crippen LogP contribution in [0, 0.1) is 18.8 Å². The van der Waals surface area contributed by atoms with E-state index in [0.717, 1.165) is 56.1 Å². The molecule has 164 valence electrons. The van der Waals surface area contributed by atoms with E-state index in [1.54, 1.807) is 6.07 Å². The third-order valence-corrected chi connectivity index (χ3v) is 6.84. The molecule has 2 aliphatic rings. The zero-order valence-corrected chi connectivity index (χ0v) is 18.3. The van der Waals surface area contributed by atoms with Crippen molar-refractivity contribution in [2.24, 2.45) is 11.8 Å². The quantitative estimate of drug-likeness (QED) is 0.777. The highest BCUT2D eigenvalue weighted by molar-refractivity contribution is 5.98. The lowest BCUT2D eigenvalue weighted by Crippen LogP contribution is -2.47. The monoisotopic (exact) mass is 419 g/mol. The van der Waals surface area contributed by atoms with Gasteiger partial charge in [0.1, 0.15) is 6.04 Å². The zero-order valence-electron chi connectivity index (χ0n) is 18.3. The van der Waals surface area contributed by atoms with Crippen molar-refractivity contribution < 1.29 is 9.59 Å². The van der Waals surface area contributed by atoms with Crippen molar-refractivity contribution in [1.29, 1.82) is 0 Å². The number of hydrogen-bond donors (Lipinski definition) is 2. The third-order valence-electron chi connectivity index (χ3n) is 6.84. The van der Waals surface area contributed by atoms with Gasteiger partial charge in [-0.05, 0) is 75.2 Å². The summed E-state index contributed by atoms with van der Waals surface area (Å²) in [5, 5.41) is 6.45. The Morgan fingerprint density at radius 2 is 1.61 bits per heavy atom. The average Bonchev–Trinajstić information content (AvgIpc) is 2.83. The molecule has 2 N–H and O–H groups in total. The van der Waals surface area contributed by atoms with E-state index >= 15 is 0 Å². The van der Waals surface area contributed by atoms with E-state index in [4.69, 9.17) is 0 Å². The van der Waals surface area contributed by atoms with E-state index in [-0.39, 0.29) is 11.8 Å². The summed E-state index contributed by atoms with van der Waals surface area (Å²) < 4.78 is 0. The van der Waals surface area contributed by atoms with Gasteiger partial charge in [0.2, 0.25) is 5.91 Å². The molecule has 1 unspecified atom stereocenters. The van der Waals surface area contributed by atoms with Gasteiger partial charge in [-0.1, -0.05) is 48.0 Å². The van der Waals surface area contributed by atoms with Gasteiger partial charge < -0.3 is 15.5 Å². The van der Waals surface area contributed by atoms with Crippen LogP contribution in [-0.2, 0) is 4.79 Å². The van der Waals surface area contributed by atoms with Gasteiger partial charge in [-0.25, -0.2) is 0 Å². The highest BCUT2D eigenvalue weighted by Gasteiger charge is 2.33. The molecule has 5 nitrogen and oxygen atoms in total. The minimum absolute atomic E-state index is 0.00374. The van der Waals surface area contributed by atoms with Gasteiger partial charge in [0.15, 0.2) is 0 Å². The minimum atomic E-state index is -0.662. The first-order valence-electron chi connectivity index (χ1n) is 11.5. The Balaban J connectivity index is 1.45. The van der Waals surface area contributed by atoms with Crippen molar-refractivity contribution in [1.82, 2.24) is 15.5 Å². The number of hydrogen-bond acceptors (Lipinski definition) is 3. The van der Waals surface area contributed by atoms with Crippen molar-refractivity contribution >= 4 is 11.8 Å². The van der Waals surface area contributed by atoms with E-state index in [1.807, 2.05) is 60.4 Å². The van der Waals surface area contributed by atoms with Crippen LogP contribution in [0.5, 0.6) is 0 Å². The number of rotatable bonds is 5. The maximum absolute atomic E-state index is 13.5. The Morgan fingerprint density at radius 1 is 0.935 bits per heavy atom. The Kier molecular flexibility index (Phi) is 7.03. The molecule has 0 spiro atoms. The molecule has 0 aliphatic carbocycles. The average molecular weight is 420 g/mol. The van der Waals surface area contributed by atoms with Crippen molar-refractivity contribution in [3.05, 3.63) is 71.3 Å². The number of carbonyl (C=O) groups excluding carboxylic acids is 2. The molecule has 0 saturated carbocycles. The van der Waals surface area contributed by atoms with Crippen LogP contribution in [0.3, 0.4) is 0 Å². The fraction of sp³-hybridized carbons (Fsp3) is 0.462.